The highest BCUT2D eigenvalue weighted by Crippen LogP contribution is 2.38. The molecule has 0 fully saturated rings. The Labute approximate surface area is 235 Å². The van der Waals surface area contributed by atoms with Gasteiger partial charge in [0.15, 0.2) is 5.75 Å². The van der Waals surface area contributed by atoms with E-state index in [1.54, 1.807) is 110 Å². The summed E-state index contributed by atoms with van der Waals surface area (Å²) >= 11 is 0. The molecule has 0 aliphatic rings. The van der Waals surface area contributed by atoms with Crippen molar-refractivity contribution in [3.63, 3.8) is 0 Å². The minimum absolute atomic E-state index is 0.0459. The van der Waals surface area contributed by atoms with Gasteiger partial charge in [-0.3, -0.25) is 24.8 Å². The van der Waals surface area contributed by atoms with E-state index in [4.69, 9.17) is 9.47 Å². The second-order valence-corrected chi connectivity index (χ2v) is 8.80. The van der Waals surface area contributed by atoms with Gasteiger partial charge < -0.3 is 9.47 Å². The fourth-order valence-corrected chi connectivity index (χ4v) is 4.14. The molecule has 9 nitrogen and oxygen atoms in total. The quantitative estimate of drug-likeness (QED) is 0.119. The zero-order valence-corrected chi connectivity index (χ0v) is 21.8. The van der Waals surface area contributed by atoms with Crippen molar-refractivity contribution in [2.45, 2.75) is 0 Å². The Morgan fingerprint density at radius 2 is 1.41 bits per heavy atom. The molecule has 5 rings (SSSR count). The van der Waals surface area contributed by atoms with Crippen LogP contribution >= 0.6 is 0 Å². The van der Waals surface area contributed by atoms with E-state index in [0.29, 0.717) is 33.8 Å². The fraction of sp³-hybridized carbons (Fsp3) is 0.0312. The number of rotatable bonds is 8. The van der Waals surface area contributed by atoms with E-state index in [1.807, 2.05) is 0 Å². The summed E-state index contributed by atoms with van der Waals surface area (Å²) in [4.78, 5) is 43.7. The first-order valence-corrected chi connectivity index (χ1v) is 12.5. The number of nitro benzene ring substituents is 1. The molecular weight excluding hydrogens is 522 g/mol. The molecular formula is C32H23N3O6. The highest BCUT2D eigenvalue weighted by Gasteiger charge is 2.26. The summed E-state index contributed by atoms with van der Waals surface area (Å²) in [6.45, 7) is 0. The normalized spacial score (nSPS) is 10.5. The zero-order chi connectivity index (χ0) is 28.8. The van der Waals surface area contributed by atoms with Crippen LogP contribution < -0.4 is 14.4 Å². The summed E-state index contributed by atoms with van der Waals surface area (Å²) < 4.78 is 11.1. The van der Waals surface area contributed by atoms with Crippen LogP contribution in [-0.2, 0) is 0 Å². The predicted molar refractivity (Wildman–Crippen MR) is 154 cm³/mol. The average Bonchev–Trinajstić information content (AvgIpc) is 3.03. The lowest BCUT2D eigenvalue weighted by atomic mass is 10.1. The molecule has 41 heavy (non-hydrogen) atoms. The number of carbonyl (C=O) groups is 2. The van der Waals surface area contributed by atoms with Crippen LogP contribution in [0.1, 0.15) is 20.7 Å². The maximum atomic E-state index is 14.0. The van der Waals surface area contributed by atoms with Crippen molar-refractivity contribution in [1.82, 2.24) is 4.98 Å². The Balaban J connectivity index is 1.67. The molecule has 4 aromatic carbocycles. The second-order valence-electron chi connectivity index (χ2n) is 8.80. The van der Waals surface area contributed by atoms with Crippen molar-refractivity contribution < 1.29 is 24.0 Å². The van der Waals surface area contributed by atoms with Gasteiger partial charge >= 0.3 is 5.97 Å². The summed E-state index contributed by atoms with van der Waals surface area (Å²) in [6.07, 6.45) is 1.36. The molecule has 0 bridgehead atoms. The number of non-ortho nitro benzene ring substituents is 1. The standard InChI is InChI=1S/C32H23N3O6/c1-40-27-18-16-25(17-19-27)34(31(36)23-8-4-2-5-9-23)29-20-28(22-12-14-26(15-13-22)35(38)39)33-21-30(29)41-32(37)24-10-6-3-7-11-24/h2-21H,1H3. The number of nitro groups is 1. The molecule has 202 valence electrons. The first-order chi connectivity index (χ1) is 19.9. The number of amides is 1. The minimum Gasteiger partial charge on any atom is -0.497 e. The molecule has 0 atom stereocenters. The molecule has 0 saturated heterocycles. The van der Waals surface area contributed by atoms with E-state index in [0.717, 1.165) is 0 Å². The highest BCUT2D eigenvalue weighted by molar-refractivity contribution is 6.12. The van der Waals surface area contributed by atoms with E-state index in [-0.39, 0.29) is 23.0 Å². The van der Waals surface area contributed by atoms with E-state index >= 15 is 0 Å². The second kappa shape index (κ2) is 11.9. The Kier molecular flexibility index (Phi) is 7.78. The third-order valence-corrected chi connectivity index (χ3v) is 6.23. The number of hydrogen-bond donors (Lipinski definition) is 0. The van der Waals surface area contributed by atoms with E-state index in [2.05, 4.69) is 4.98 Å². The van der Waals surface area contributed by atoms with Crippen LogP contribution in [-0.4, -0.2) is 28.9 Å². The Bertz CT molecular complexity index is 1690. The van der Waals surface area contributed by atoms with Crippen LogP contribution in [0.5, 0.6) is 11.5 Å². The number of methoxy groups -OCH3 is 1. The molecule has 0 unspecified atom stereocenters. The number of hydrogen-bond acceptors (Lipinski definition) is 7. The monoisotopic (exact) mass is 545 g/mol. The van der Waals surface area contributed by atoms with Gasteiger partial charge in [0.25, 0.3) is 11.6 Å². The lowest BCUT2D eigenvalue weighted by Crippen LogP contribution is -2.27. The number of nitrogens with zero attached hydrogens (tertiary/aromatic N) is 3. The Morgan fingerprint density at radius 1 is 0.805 bits per heavy atom. The van der Waals surface area contributed by atoms with Gasteiger partial charge in [-0.1, -0.05) is 36.4 Å². The third-order valence-electron chi connectivity index (χ3n) is 6.23. The van der Waals surface area contributed by atoms with Gasteiger partial charge in [-0.15, -0.1) is 0 Å². The fourth-order valence-electron chi connectivity index (χ4n) is 4.14. The first kappa shape index (κ1) is 26.8. The molecule has 0 aliphatic carbocycles. The van der Waals surface area contributed by atoms with Gasteiger partial charge in [0, 0.05) is 28.9 Å². The number of carbonyl (C=O) groups excluding carboxylic acids is 2. The molecule has 0 N–H and O–H groups in total. The Morgan fingerprint density at radius 3 is 2.00 bits per heavy atom. The van der Waals surface area contributed by atoms with Crippen LogP contribution in [0.15, 0.2) is 121 Å². The van der Waals surface area contributed by atoms with E-state index in [9.17, 15) is 19.7 Å². The van der Waals surface area contributed by atoms with E-state index < -0.39 is 10.9 Å². The smallest absolute Gasteiger partial charge is 0.343 e. The van der Waals surface area contributed by atoms with Gasteiger partial charge in [0.2, 0.25) is 0 Å². The third kappa shape index (κ3) is 5.94. The molecule has 0 radical (unpaired) electrons. The number of aromatic nitrogens is 1. The maximum Gasteiger partial charge on any atom is 0.343 e. The SMILES string of the molecule is COc1ccc(N(C(=O)c2ccccc2)c2cc(-c3ccc([N+](=O)[O-])cc3)ncc2OC(=O)c2ccccc2)cc1. The van der Waals surface area contributed by atoms with Crippen LogP contribution in [0.2, 0.25) is 0 Å². The van der Waals surface area contributed by atoms with Crippen LogP contribution in [0.3, 0.4) is 0 Å². The van der Waals surface area contributed by atoms with E-state index in [1.165, 1.54) is 23.2 Å². The molecule has 0 saturated carbocycles. The Hall–Kier alpha value is -5.83. The highest BCUT2D eigenvalue weighted by atomic mass is 16.6. The van der Waals surface area contributed by atoms with Gasteiger partial charge in [-0.25, -0.2) is 4.79 Å². The minimum atomic E-state index is -0.626. The molecule has 1 aromatic heterocycles. The lowest BCUT2D eigenvalue weighted by molar-refractivity contribution is -0.384. The van der Waals surface area contributed by atoms with Gasteiger partial charge in [-0.2, -0.15) is 0 Å². The lowest BCUT2D eigenvalue weighted by Gasteiger charge is -2.25. The first-order valence-electron chi connectivity index (χ1n) is 12.5. The number of ether oxygens (including phenoxy) is 2. The van der Waals surface area contributed by atoms with Gasteiger partial charge in [0.05, 0.1) is 35.2 Å². The molecule has 0 spiro atoms. The largest absolute Gasteiger partial charge is 0.497 e. The van der Waals surface area contributed by atoms with Crippen molar-refractivity contribution in [2.75, 3.05) is 12.0 Å². The maximum absolute atomic E-state index is 14.0. The van der Waals surface area contributed by atoms with Crippen molar-refractivity contribution in [3.8, 4) is 22.8 Å². The summed E-state index contributed by atoms with van der Waals surface area (Å²) in [5.41, 5.74) is 2.37. The number of esters is 1. The van der Waals surface area contributed by atoms with Crippen LogP contribution in [0.25, 0.3) is 11.3 Å². The summed E-state index contributed by atoms with van der Waals surface area (Å²) in [7, 11) is 1.54. The van der Waals surface area contributed by atoms with Crippen molar-refractivity contribution in [2.24, 2.45) is 0 Å². The van der Waals surface area contributed by atoms with Crippen LogP contribution in [0.4, 0.5) is 17.1 Å². The van der Waals surface area contributed by atoms with Crippen molar-refractivity contribution >= 4 is 28.9 Å². The summed E-state index contributed by atoms with van der Waals surface area (Å²) in [6, 6.07) is 31.5. The molecule has 1 heterocycles. The number of anilines is 2. The van der Waals surface area contributed by atoms with Gasteiger partial charge in [0.1, 0.15) is 5.75 Å². The zero-order valence-electron chi connectivity index (χ0n) is 21.8. The molecule has 0 aliphatic heterocycles. The number of benzene rings is 4. The summed E-state index contributed by atoms with van der Waals surface area (Å²) in [5.74, 6) is -0.366. The molecule has 1 amide bonds. The number of pyridine rings is 1. The predicted octanol–water partition coefficient (Wildman–Crippen LogP) is 6.86. The summed E-state index contributed by atoms with van der Waals surface area (Å²) in [5, 5.41) is 11.2. The molecule has 9 heteroatoms. The van der Waals surface area contributed by atoms with Crippen molar-refractivity contribution in [1.29, 1.82) is 0 Å². The molecule has 5 aromatic rings. The van der Waals surface area contributed by atoms with Crippen LogP contribution in [0, 0.1) is 10.1 Å². The van der Waals surface area contributed by atoms with Crippen molar-refractivity contribution in [3.05, 3.63) is 143 Å². The topological polar surface area (TPSA) is 112 Å². The van der Waals surface area contributed by atoms with Gasteiger partial charge in [-0.05, 0) is 66.7 Å². The average molecular weight is 546 g/mol.